The lowest BCUT2D eigenvalue weighted by Gasteiger charge is -2.09. The Morgan fingerprint density at radius 1 is 1.31 bits per heavy atom. The van der Waals surface area contributed by atoms with E-state index in [2.05, 4.69) is 4.74 Å². The second-order valence-corrected chi connectivity index (χ2v) is 2.78. The molecule has 0 heterocycles. The molecule has 0 fully saturated rings. The molecule has 1 aromatic carbocycles. The van der Waals surface area contributed by atoms with Gasteiger partial charge >= 0.3 is 6.61 Å². The molecule has 3 nitrogen and oxygen atoms in total. The molecule has 5 heteroatoms. The SMILES string of the molecule is COc1cc(C=CC=O)ccc1OC(F)F. The summed E-state index contributed by atoms with van der Waals surface area (Å²) < 4.78 is 33.1. The van der Waals surface area contributed by atoms with Gasteiger partial charge in [-0.2, -0.15) is 8.78 Å². The highest BCUT2D eigenvalue weighted by atomic mass is 19.3. The molecule has 1 rings (SSSR count). The largest absolute Gasteiger partial charge is 0.493 e. The van der Waals surface area contributed by atoms with Gasteiger partial charge < -0.3 is 9.47 Å². The molecule has 0 aliphatic rings. The van der Waals surface area contributed by atoms with Gasteiger partial charge in [-0.05, 0) is 23.8 Å². The number of methoxy groups -OCH3 is 1. The third-order valence-corrected chi connectivity index (χ3v) is 1.77. The molecular weight excluding hydrogens is 218 g/mol. The Labute approximate surface area is 91.3 Å². The van der Waals surface area contributed by atoms with Gasteiger partial charge in [-0.1, -0.05) is 12.1 Å². The number of hydrogen-bond acceptors (Lipinski definition) is 3. The highest BCUT2D eigenvalue weighted by molar-refractivity contribution is 5.74. The zero-order valence-corrected chi connectivity index (χ0v) is 8.52. The molecule has 16 heavy (non-hydrogen) atoms. The summed E-state index contributed by atoms with van der Waals surface area (Å²) in [6.45, 7) is -2.90. The van der Waals surface area contributed by atoms with Gasteiger partial charge in [0.2, 0.25) is 0 Å². The van der Waals surface area contributed by atoms with Crippen LogP contribution in [-0.2, 0) is 4.79 Å². The molecule has 1 aromatic rings. The van der Waals surface area contributed by atoms with E-state index in [4.69, 9.17) is 4.74 Å². The van der Waals surface area contributed by atoms with E-state index in [9.17, 15) is 13.6 Å². The van der Waals surface area contributed by atoms with E-state index in [1.807, 2.05) is 0 Å². The lowest BCUT2D eigenvalue weighted by atomic mass is 10.2. The summed E-state index contributed by atoms with van der Waals surface area (Å²) in [5.41, 5.74) is 0.658. The summed E-state index contributed by atoms with van der Waals surface area (Å²) in [7, 11) is 1.35. The van der Waals surface area contributed by atoms with Gasteiger partial charge in [0.15, 0.2) is 11.5 Å². The fourth-order valence-corrected chi connectivity index (χ4v) is 1.13. The maximum atomic E-state index is 12.0. The number of aldehydes is 1. The highest BCUT2D eigenvalue weighted by Gasteiger charge is 2.09. The van der Waals surface area contributed by atoms with Crippen molar-refractivity contribution in [2.45, 2.75) is 6.61 Å². The molecule has 0 saturated heterocycles. The van der Waals surface area contributed by atoms with Gasteiger partial charge in [0.25, 0.3) is 0 Å². The van der Waals surface area contributed by atoms with Crippen LogP contribution in [0.3, 0.4) is 0 Å². The zero-order valence-electron chi connectivity index (χ0n) is 8.52. The van der Waals surface area contributed by atoms with Crippen molar-refractivity contribution in [3.8, 4) is 11.5 Å². The first kappa shape index (κ1) is 12.2. The van der Waals surface area contributed by atoms with Crippen molar-refractivity contribution in [3.63, 3.8) is 0 Å². The summed E-state index contributed by atoms with van der Waals surface area (Å²) in [4.78, 5) is 10.1. The van der Waals surface area contributed by atoms with Crippen LogP contribution in [0.2, 0.25) is 0 Å². The number of carbonyl (C=O) groups is 1. The summed E-state index contributed by atoms with van der Waals surface area (Å²) in [6.07, 6.45) is 3.44. The van der Waals surface area contributed by atoms with E-state index in [1.165, 1.54) is 31.4 Å². The lowest BCUT2D eigenvalue weighted by Crippen LogP contribution is -2.03. The standard InChI is InChI=1S/C11H10F2O3/c1-15-10-7-8(3-2-6-14)4-5-9(10)16-11(12)13/h2-7,11H,1H3. The van der Waals surface area contributed by atoms with Crippen LogP contribution >= 0.6 is 0 Å². The van der Waals surface area contributed by atoms with Crippen LogP contribution in [-0.4, -0.2) is 20.0 Å². The van der Waals surface area contributed by atoms with E-state index in [0.29, 0.717) is 11.8 Å². The zero-order chi connectivity index (χ0) is 12.0. The maximum absolute atomic E-state index is 12.0. The monoisotopic (exact) mass is 228 g/mol. The van der Waals surface area contributed by atoms with Crippen molar-refractivity contribution < 1.29 is 23.0 Å². The molecule has 0 atom stereocenters. The first-order valence-corrected chi connectivity index (χ1v) is 4.42. The van der Waals surface area contributed by atoms with Crippen LogP contribution < -0.4 is 9.47 Å². The number of rotatable bonds is 5. The first-order chi connectivity index (χ1) is 7.67. The minimum Gasteiger partial charge on any atom is -0.493 e. The molecule has 0 unspecified atom stereocenters. The Morgan fingerprint density at radius 2 is 2.06 bits per heavy atom. The van der Waals surface area contributed by atoms with E-state index in [1.54, 1.807) is 6.07 Å². The number of carbonyl (C=O) groups excluding carboxylic acids is 1. The molecule has 0 aromatic heterocycles. The maximum Gasteiger partial charge on any atom is 0.387 e. The number of allylic oxidation sites excluding steroid dienone is 1. The third-order valence-electron chi connectivity index (χ3n) is 1.77. The molecule has 0 aliphatic heterocycles. The summed E-state index contributed by atoms with van der Waals surface area (Å²) >= 11 is 0. The Hall–Kier alpha value is -1.91. The Balaban J connectivity index is 2.96. The predicted molar refractivity (Wildman–Crippen MR) is 54.7 cm³/mol. The number of hydrogen-bond donors (Lipinski definition) is 0. The molecule has 0 N–H and O–H groups in total. The minimum absolute atomic E-state index is 0.0410. The van der Waals surface area contributed by atoms with Crippen molar-refractivity contribution in [1.82, 2.24) is 0 Å². The summed E-state index contributed by atoms with van der Waals surface area (Å²) in [6, 6.07) is 4.40. The van der Waals surface area contributed by atoms with Gasteiger partial charge in [0.1, 0.15) is 6.29 Å². The van der Waals surface area contributed by atoms with Crippen molar-refractivity contribution in [1.29, 1.82) is 0 Å². The molecular formula is C11H10F2O3. The lowest BCUT2D eigenvalue weighted by molar-refractivity contribution is -0.104. The van der Waals surface area contributed by atoms with E-state index in [0.717, 1.165) is 0 Å². The van der Waals surface area contributed by atoms with Crippen LogP contribution in [0, 0.1) is 0 Å². The Bertz CT molecular complexity index is 389. The highest BCUT2D eigenvalue weighted by Crippen LogP contribution is 2.29. The number of halogens is 2. The van der Waals surface area contributed by atoms with E-state index >= 15 is 0 Å². The van der Waals surface area contributed by atoms with Crippen LogP contribution in [0.25, 0.3) is 6.08 Å². The average Bonchev–Trinajstić information content (AvgIpc) is 2.27. The minimum atomic E-state index is -2.90. The number of ether oxygens (including phenoxy) is 2. The second-order valence-electron chi connectivity index (χ2n) is 2.78. The molecule has 0 amide bonds. The molecule has 86 valence electrons. The second kappa shape index (κ2) is 5.85. The quantitative estimate of drug-likeness (QED) is 0.573. The van der Waals surface area contributed by atoms with Gasteiger partial charge in [0.05, 0.1) is 7.11 Å². The fraction of sp³-hybridized carbons (Fsp3) is 0.182. The van der Waals surface area contributed by atoms with E-state index < -0.39 is 6.61 Å². The van der Waals surface area contributed by atoms with Gasteiger partial charge in [-0.25, -0.2) is 0 Å². The average molecular weight is 228 g/mol. The molecule has 0 saturated carbocycles. The van der Waals surface area contributed by atoms with Crippen LogP contribution in [0.15, 0.2) is 24.3 Å². The molecule has 0 radical (unpaired) electrons. The Kier molecular flexibility index (Phi) is 4.44. The summed E-state index contributed by atoms with van der Waals surface area (Å²) in [5.74, 6) is 0.147. The van der Waals surface area contributed by atoms with Gasteiger partial charge in [0, 0.05) is 0 Å². The third kappa shape index (κ3) is 3.34. The normalized spacial score (nSPS) is 10.8. The van der Waals surface area contributed by atoms with Gasteiger partial charge in [-0.3, -0.25) is 4.79 Å². The van der Waals surface area contributed by atoms with Gasteiger partial charge in [-0.15, -0.1) is 0 Å². The summed E-state index contributed by atoms with van der Waals surface area (Å²) in [5, 5.41) is 0. The predicted octanol–water partition coefficient (Wildman–Crippen LogP) is 2.51. The number of benzene rings is 1. The van der Waals surface area contributed by atoms with Crippen molar-refractivity contribution in [2.24, 2.45) is 0 Å². The van der Waals surface area contributed by atoms with Crippen molar-refractivity contribution in [2.75, 3.05) is 7.11 Å². The number of alkyl halides is 2. The molecule has 0 spiro atoms. The fourth-order valence-electron chi connectivity index (χ4n) is 1.13. The van der Waals surface area contributed by atoms with E-state index in [-0.39, 0.29) is 11.5 Å². The van der Waals surface area contributed by atoms with Crippen molar-refractivity contribution >= 4 is 12.4 Å². The first-order valence-electron chi connectivity index (χ1n) is 4.42. The molecule has 0 bridgehead atoms. The van der Waals surface area contributed by atoms with Crippen LogP contribution in [0.5, 0.6) is 11.5 Å². The molecule has 0 aliphatic carbocycles. The van der Waals surface area contributed by atoms with Crippen LogP contribution in [0.4, 0.5) is 8.78 Å². The topological polar surface area (TPSA) is 35.5 Å². The van der Waals surface area contributed by atoms with Crippen LogP contribution in [0.1, 0.15) is 5.56 Å². The smallest absolute Gasteiger partial charge is 0.387 e. The van der Waals surface area contributed by atoms with Crippen molar-refractivity contribution in [3.05, 3.63) is 29.8 Å². The Morgan fingerprint density at radius 3 is 2.62 bits per heavy atom.